The quantitative estimate of drug-likeness (QED) is 0.501. The van der Waals surface area contributed by atoms with Crippen molar-refractivity contribution in [3.63, 3.8) is 0 Å². The standard InChI is InChI=1S/C4Cl2F8/c5-1(7,3(9,10)11)2(6,8)4(12,13)14/t1-,2-/m0/s1. The first-order valence-corrected chi connectivity index (χ1v) is 3.40. The molecule has 0 nitrogen and oxygen atoms in total. The normalized spacial score (nSPS) is 22.7. The summed E-state index contributed by atoms with van der Waals surface area (Å²) in [6.07, 6.45) is -12.6. The Labute approximate surface area is 81.8 Å². The topological polar surface area (TPSA) is 0 Å². The van der Waals surface area contributed by atoms with Crippen LogP contribution in [0, 0.1) is 0 Å². The molecule has 14 heavy (non-hydrogen) atoms. The average Bonchev–Trinajstić information content (AvgIpc) is 1.81. The van der Waals surface area contributed by atoms with Crippen molar-refractivity contribution in [2.45, 2.75) is 22.6 Å². The summed E-state index contributed by atoms with van der Waals surface area (Å²) < 4.78 is 93.7. The van der Waals surface area contributed by atoms with Gasteiger partial charge in [-0.2, -0.15) is 26.3 Å². The lowest BCUT2D eigenvalue weighted by Crippen LogP contribution is -2.57. The highest BCUT2D eigenvalue weighted by Gasteiger charge is 2.79. The molecule has 0 bridgehead atoms. The summed E-state index contributed by atoms with van der Waals surface area (Å²) >= 11 is 7.54. The molecule has 0 aliphatic rings. The molecule has 0 aromatic carbocycles. The van der Waals surface area contributed by atoms with Crippen LogP contribution in [-0.4, -0.2) is 22.6 Å². The molecule has 0 N–H and O–H groups in total. The fourth-order valence-corrected chi connectivity index (χ4v) is 0.570. The summed E-state index contributed by atoms with van der Waals surface area (Å²) in [6, 6.07) is 0. The zero-order valence-electron chi connectivity index (χ0n) is 5.78. The summed E-state index contributed by atoms with van der Waals surface area (Å²) in [5.41, 5.74) is 0. The van der Waals surface area contributed by atoms with Gasteiger partial charge in [-0.3, -0.25) is 0 Å². The highest BCUT2D eigenvalue weighted by Crippen LogP contribution is 2.56. The van der Waals surface area contributed by atoms with E-state index in [4.69, 9.17) is 0 Å². The predicted molar refractivity (Wildman–Crippen MR) is 31.5 cm³/mol. The molecule has 0 fully saturated rings. The summed E-state index contributed by atoms with van der Waals surface area (Å²) in [5, 5.41) is -11.5. The van der Waals surface area contributed by atoms with E-state index in [0.29, 0.717) is 0 Å². The summed E-state index contributed by atoms with van der Waals surface area (Å²) in [6.45, 7) is 0. The van der Waals surface area contributed by atoms with Crippen molar-refractivity contribution in [1.82, 2.24) is 0 Å². The monoisotopic (exact) mass is 270 g/mol. The van der Waals surface area contributed by atoms with Crippen LogP contribution in [0.4, 0.5) is 35.1 Å². The van der Waals surface area contributed by atoms with E-state index in [1.54, 1.807) is 0 Å². The van der Waals surface area contributed by atoms with Gasteiger partial charge in [0.05, 0.1) is 0 Å². The second-order valence-corrected chi connectivity index (χ2v) is 3.19. The molecule has 10 heteroatoms. The third-order valence-electron chi connectivity index (χ3n) is 1.11. The molecular weight excluding hydrogens is 271 g/mol. The van der Waals surface area contributed by atoms with Gasteiger partial charge in [0.2, 0.25) is 0 Å². The first-order valence-electron chi connectivity index (χ1n) is 2.64. The SMILES string of the molecule is FC(F)(F)[C@](F)(Cl)[C@@](F)(Cl)C(F)(F)F. The van der Waals surface area contributed by atoms with Gasteiger partial charge in [0.1, 0.15) is 0 Å². The smallest absolute Gasteiger partial charge is 0.210 e. The number of hydrogen-bond donors (Lipinski definition) is 0. The molecule has 0 unspecified atom stereocenters. The highest BCUT2D eigenvalue weighted by molar-refractivity contribution is 6.34. The van der Waals surface area contributed by atoms with Crippen molar-refractivity contribution < 1.29 is 35.1 Å². The average molecular weight is 271 g/mol. The van der Waals surface area contributed by atoms with Crippen molar-refractivity contribution in [2.75, 3.05) is 0 Å². The molecule has 0 rings (SSSR count). The molecule has 0 aliphatic carbocycles. The van der Waals surface area contributed by atoms with Crippen molar-refractivity contribution in [1.29, 1.82) is 0 Å². The van der Waals surface area contributed by atoms with Gasteiger partial charge in [0, 0.05) is 0 Å². The Morgan fingerprint density at radius 1 is 0.500 bits per heavy atom. The lowest BCUT2D eigenvalue weighted by atomic mass is 10.2. The second kappa shape index (κ2) is 3.26. The van der Waals surface area contributed by atoms with Gasteiger partial charge in [0.15, 0.2) is 0 Å². The Hall–Kier alpha value is 0.0200. The van der Waals surface area contributed by atoms with Gasteiger partial charge in [-0.15, -0.1) is 0 Å². The van der Waals surface area contributed by atoms with Crippen molar-refractivity contribution in [3.8, 4) is 0 Å². The lowest BCUT2D eigenvalue weighted by molar-refractivity contribution is -0.289. The fourth-order valence-electron chi connectivity index (χ4n) is 0.356. The van der Waals surface area contributed by atoms with Gasteiger partial charge < -0.3 is 0 Å². The summed E-state index contributed by atoms with van der Waals surface area (Å²) in [4.78, 5) is 0. The van der Waals surface area contributed by atoms with E-state index in [-0.39, 0.29) is 0 Å². The van der Waals surface area contributed by atoms with Gasteiger partial charge in [0.25, 0.3) is 0 Å². The maximum absolute atomic E-state index is 12.3. The van der Waals surface area contributed by atoms with Crippen molar-refractivity contribution >= 4 is 23.2 Å². The molecular formula is C4Cl2F8. The molecule has 0 spiro atoms. The zero-order chi connectivity index (χ0) is 12.0. The molecule has 0 saturated heterocycles. The Morgan fingerprint density at radius 3 is 0.714 bits per heavy atom. The van der Waals surface area contributed by atoms with E-state index in [1.165, 1.54) is 0 Å². The van der Waals surface area contributed by atoms with Gasteiger partial charge >= 0.3 is 22.6 Å². The van der Waals surface area contributed by atoms with Crippen molar-refractivity contribution in [3.05, 3.63) is 0 Å². The fraction of sp³-hybridized carbons (Fsp3) is 1.00. The molecule has 0 aromatic rings. The van der Waals surface area contributed by atoms with E-state index >= 15 is 0 Å². The molecule has 0 heterocycles. The van der Waals surface area contributed by atoms with E-state index in [9.17, 15) is 35.1 Å². The number of rotatable bonds is 1. The summed E-state index contributed by atoms with van der Waals surface area (Å²) in [5.74, 6) is 0. The van der Waals surface area contributed by atoms with E-state index in [2.05, 4.69) is 23.2 Å². The van der Waals surface area contributed by atoms with E-state index in [0.717, 1.165) is 0 Å². The first kappa shape index (κ1) is 14.0. The van der Waals surface area contributed by atoms with Crippen molar-refractivity contribution in [2.24, 2.45) is 0 Å². The zero-order valence-corrected chi connectivity index (χ0v) is 7.29. The molecule has 0 saturated carbocycles. The minimum Gasteiger partial charge on any atom is -0.210 e. The number of alkyl halides is 10. The van der Waals surface area contributed by atoms with Crippen LogP contribution < -0.4 is 0 Å². The minimum atomic E-state index is -6.29. The first-order chi connectivity index (χ1) is 5.75. The lowest BCUT2D eigenvalue weighted by Gasteiger charge is -2.32. The van der Waals surface area contributed by atoms with Gasteiger partial charge in [-0.25, -0.2) is 8.78 Å². The molecule has 0 radical (unpaired) electrons. The maximum atomic E-state index is 12.3. The van der Waals surface area contributed by atoms with Crippen LogP contribution in [0.25, 0.3) is 0 Å². The summed E-state index contributed by atoms with van der Waals surface area (Å²) in [7, 11) is 0. The van der Waals surface area contributed by atoms with Crippen LogP contribution in [0.2, 0.25) is 0 Å². The van der Waals surface area contributed by atoms with Gasteiger partial charge in [-0.05, 0) is 0 Å². The van der Waals surface area contributed by atoms with Crippen LogP contribution in [0.5, 0.6) is 0 Å². The van der Waals surface area contributed by atoms with Crippen LogP contribution >= 0.6 is 23.2 Å². The predicted octanol–water partition coefficient (Wildman–Crippen LogP) is 3.92. The largest absolute Gasteiger partial charge is 0.441 e. The van der Waals surface area contributed by atoms with E-state index < -0.39 is 22.6 Å². The van der Waals surface area contributed by atoms with Crippen LogP contribution in [0.3, 0.4) is 0 Å². The third-order valence-corrected chi connectivity index (χ3v) is 2.15. The van der Waals surface area contributed by atoms with Gasteiger partial charge in [-0.1, -0.05) is 23.2 Å². The van der Waals surface area contributed by atoms with Crippen LogP contribution in [0.1, 0.15) is 0 Å². The molecule has 0 amide bonds. The van der Waals surface area contributed by atoms with Crippen LogP contribution in [0.15, 0.2) is 0 Å². The Balaban J connectivity index is 5.30. The number of halogens is 10. The maximum Gasteiger partial charge on any atom is 0.441 e. The molecule has 86 valence electrons. The molecule has 0 aliphatic heterocycles. The highest BCUT2D eigenvalue weighted by atomic mass is 35.5. The Bertz CT molecular complexity index is 188. The Kier molecular flexibility index (Phi) is 3.27. The second-order valence-electron chi connectivity index (χ2n) is 2.14. The Morgan fingerprint density at radius 2 is 0.643 bits per heavy atom. The number of hydrogen-bond acceptors (Lipinski definition) is 0. The van der Waals surface area contributed by atoms with E-state index in [1.807, 2.05) is 0 Å². The minimum absolute atomic E-state index is 3.77. The third kappa shape index (κ3) is 2.00. The molecule has 2 atom stereocenters. The van der Waals surface area contributed by atoms with Crippen LogP contribution in [-0.2, 0) is 0 Å². The molecule has 0 aromatic heterocycles.